The number of carbonyl (C=O) groups is 1. The van der Waals surface area contributed by atoms with Crippen LogP contribution in [0.1, 0.15) is 23.8 Å². The summed E-state index contributed by atoms with van der Waals surface area (Å²) in [6.45, 7) is 0. The Kier molecular flexibility index (Phi) is 4.95. The number of nitrogens with zero attached hydrogens (tertiary/aromatic N) is 6. The van der Waals surface area contributed by atoms with Gasteiger partial charge in [0.1, 0.15) is 11.8 Å². The first-order chi connectivity index (χ1) is 13.1. The summed E-state index contributed by atoms with van der Waals surface area (Å²) < 4.78 is 7.06. The molecule has 3 heterocycles. The monoisotopic (exact) mass is 402 g/mol. The Labute approximate surface area is 164 Å². The molecule has 1 aliphatic rings. The van der Waals surface area contributed by atoms with Crippen LogP contribution in [0.15, 0.2) is 57.3 Å². The SMILES string of the molecule is Cn1nnnc1SCC(=O)N1N=C(c2ccc(Cl)cc2)C[C@@H]1c1ccco1. The fourth-order valence-corrected chi connectivity index (χ4v) is 3.62. The molecule has 27 heavy (non-hydrogen) atoms. The van der Waals surface area contributed by atoms with Crippen molar-refractivity contribution in [2.24, 2.45) is 12.1 Å². The quantitative estimate of drug-likeness (QED) is 0.609. The van der Waals surface area contributed by atoms with E-state index in [1.165, 1.54) is 21.5 Å². The minimum atomic E-state index is -0.281. The molecule has 1 aliphatic heterocycles. The zero-order valence-corrected chi connectivity index (χ0v) is 15.9. The van der Waals surface area contributed by atoms with Gasteiger partial charge in [-0.25, -0.2) is 9.69 Å². The summed E-state index contributed by atoms with van der Waals surface area (Å²) in [6.07, 6.45) is 2.16. The van der Waals surface area contributed by atoms with E-state index in [-0.39, 0.29) is 17.7 Å². The standard InChI is InChI=1S/C17H15ClN6O2S/c1-23-17(19-21-22-23)27-10-16(25)24-14(15-3-2-8-26-15)9-13(20-24)11-4-6-12(18)7-5-11/h2-8,14H,9-10H2,1H3/t14-/m1/s1. The van der Waals surface area contributed by atoms with Crippen molar-refractivity contribution in [2.75, 3.05) is 5.75 Å². The molecule has 0 saturated heterocycles. The van der Waals surface area contributed by atoms with E-state index >= 15 is 0 Å². The molecule has 0 fully saturated rings. The third-order valence-electron chi connectivity index (χ3n) is 4.12. The van der Waals surface area contributed by atoms with Crippen LogP contribution in [0.4, 0.5) is 0 Å². The molecule has 0 spiro atoms. The van der Waals surface area contributed by atoms with Crippen LogP contribution >= 0.6 is 23.4 Å². The van der Waals surface area contributed by atoms with Gasteiger partial charge < -0.3 is 4.42 Å². The zero-order valence-electron chi connectivity index (χ0n) is 14.3. The molecule has 3 aromatic rings. The van der Waals surface area contributed by atoms with Crippen LogP contribution in [-0.4, -0.2) is 42.6 Å². The van der Waals surface area contributed by atoms with Gasteiger partial charge in [-0.2, -0.15) is 5.10 Å². The molecular weight excluding hydrogens is 388 g/mol. The van der Waals surface area contributed by atoms with Crippen LogP contribution in [0.3, 0.4) is 0 Å². The number of tetrazole rings is 1. The molecule has 0 saturated carbocycles. The second kappa shape index (κ2) is 7.53. The lowest BCUT2D eigenvalue weighted by atomic mass is 10.0. The predicted octanol–water partition coefficient (Wildman–Crippen LogP) is 2.93. The van der Waals surface area contributed by atoms with Crippen molar-refractivity contribution >= 4 is 35.0 Å². The Morgan fingerprint density at radius 2 is 2.15 bits per heavy atom. The molecule has 0 N–H and O–H groups in total. The summed E-state index contributed by atoms with van der Waals surface area (Å²) in [6, 6.07) is 10.8. The first-order valence-corrected chi connectivity index (χ1v) is 9.52. The molecular formula is C17H15ClN6O2S. The number of carbonyl (C=O) groups excluding carboxylic acids is 1. The summed E-state index contributed by atoms with van der Waals surface area (Å²) >= 11 is 7.24. The number of hydrazone groups is 1. The van der Waals surface area contributed by atoms with Crippen molar-refractivity contribution in [1.29, 1.82) is 0 Å². The van der Waals surface area contributed by atoms with Crippen LogP contribution in [0, 0.1) is 0 Å². The lowest BCUT2D eigenvalue weighted by Gasteiger charge is -2.19. The van der Waals surface area contributed by atoms with Crippen LogP contribution in [0.25, 0.3) is 0 Å². The van der Waals surface area contributed by atoms with E-state index in [1.807, 2.05) is 30.3 Å². The summed E-state index contributed by atoms with van der Waals surface area (Å²) in [4.78, 5) is 12.8. The van der Waals surface area contributed by atoms with Crippen molar-refractivity contribution < 1.29 is 9.21 Å². The van der Waals surface area contributed by atoms with E-state index < -0.39 is 0 Å². The van der Waals surface area contributed by atoms with Crippen molar-refractivity contribution in [1.82, 2.24) is 25.2 Å². The third-order valence-corrected chi connectivity index (χ3v) is 5.37. The van der Waals surface area contributed by atoms with Crippen molar-refractivity contribution in [3.05, 3.63) is 59.0 Å². The van der Waals surface area contributed by atoms with Crippen LogP contribution in [-0.2, 0) is 11.8 Å². The minimum absolute atomic E-state index is 0.145. The van der Waals surface area contributed by atoms with E-state index in [0.29, 0.717) is 22.4 Å². The Balaban J connectivity index is 1.56. The first-order valence-electron chi connectivity index (χ1n) is 8.16. The van der Waals surface area contributed by atoms with Gasteiger partial charge in [0.15, 0.2) is 0 Å². The minimum Gasteiger partial charge on any atom is -0.467 e. The molecule has 10 heteroatoms. The first kappa shape index (κ1) is 17.7. The van der Waals surface area contributed by atoms with Gasteiger partial charge in [-0.1, -0.05) is 35.5 Å². The maximum Gasteiger partial charge on any atom is 0.253 e. The molecule has 8 nitrogen and oxygen atoms in total. The Morgan fingerprint density at radius 1 is 1.33 bits per heavy atom. The molecule has 0 aliphatic carbocycles. The number of furan rings is 1. The Morgan fingerprint density at radius 3 is 2.81 bits per heavy atom. The number of halogens is 1. The maximum absolute atomic E-state index is 12.8. The highest BCUT2D eigenvalue weighted by molar-refractivity contribution is 7.99. The predicted molar refractivity (Wildman–Crippen MR) is 100 cm³/mol. The van der Waals surface area contributed by atoms with Crippen LogP contribution in [0.5, 0.6) is 0 Å². The number of hydrogen-bond donors (Lipinski definition) is 0. The molecule has 1 atom stereocenters. The number of amides is 1. The highest BCUT2D eigenvalue weighted by Gasteiger charge is 2.34. The van der Waals surface area contributed by atoms with Gasteiger partial charge in [-0.15, -0.1) is 5.10 Å². The third kappa shape index (κ3) is 3.74. The molecule has 4 rings (SSSR count). The van der Waals surface area contributed by atoms with Gasteiger partial charge >= 0.3 is 0 Å². The topological polar surface area (TPSA) is 89.4 Å². The van der Waals surface area contributed by atoms with E-state index in [1.54, 1.807) is 19.4 Å². The van der Waals surface area contributed by atoms with Crippen molar-refractivity contribution in [2.45, 2.75) is 17.6 Å². The van der Waals surface area contributed by atoms with Crippen molar-refractivity contribution in [3.63, 3.8) is 0 Å². The average molecular weight is 403 g/mol. The molecule has 2 aromatic heterocycles. The molecule has 0 bridgehead atoms. The Hall–Kier alpha value is -2.65. The highest BCUT2D eigenvalue weighted by atomic mass is 35.5. The van der Waals surface area contributed by atoms with Crippen LogP contribution < -0.4 is 0 Å². The second-order valence-electron chi connectivity index (χ2n) is 5.90. The summed E-state index contributed by atoms with van der Waals surface area (Å²) in [7, 11) is 1.73. The van der Waals surface area contributed by atoms with Gasteiger partial charge in [-0.3, -0.25) is 4.79 Å². The smallest absolute Gasteiger partial charge is 0.253 e. The zero-order chi connectivity index (χ0) is 18.8. The molecule has 1 amide bonds. The molecule has 0 unspecified atom stereocenters. The van der Waals surface area contributed by atoms with Crippen LogP contribution in [0.2, 0.25) is 5.02 Å². The van der Waals surface area contributed by atoms with Gasteiger partial charge in [0.25, 0.3) is 5.91 Å². The van der Waals surface area contributed by atoms with Gasteiger partial charge in [0.2, 0.25) is 5.16 Å². The number of aryl methyl sites for hydroxylation is 1. The number of rotatable bonds is 5. The van der Waals surface area contributed by atoms with Gasteiger partial charge in [-0.05, 0) is 40.3 Å². The summed E-state index contributed by atoms with van der Waals surface area (Å²) in [5, 5.41) is 18.5. The second-order valence-corrected chi connectivity index (χ2v) is 7.28. The lowest BCUT2D eigenvalue weighted by molar-refractivity contribution is -0.130. The number of hydrogen-bond acceptors (Lipinski definition) is 7. The number of thioether (sulfide) groups is 1. The summed E-state index contributed by atoms with van der Waals surface area (Å²) in [5.74, 6) is 0.720. The largest absolute Gasteiger partial charge is 0.467 e. The van der Waals surface area contributed by atoms with E-state index in [2.05, 4.69) is 20.6 Å². The van der Waals surface area contributed by atoms with Gasteiger partial charge in [0, 0.05) is 18.5 Å². The molecule has 1 aromatic carbocycles. The molecule has 0 radical (unpaired) electrons. The maximum atomic E-state index is 12.8. The van der Waals surface area contributed by atoms with E-state index in [0.717, 1.165) is 11.3 Å². The summed E-state index contributed by atoms with van der Waals surface area (Å²) in [5.41, 5.74) is 1.74. The average Bonchev–Trinajstić information content (AvgIpc) is 3.41. The van der Waals surface area contributed by atoms with Crippen molar-refractivity contribution in [3.8, 4) is 0 Å². The normalized spacial score (nSPS) is 16.6. The number of aromatic nitrogens is 4. The fourth-order valence-electron chi connectivity index (χ4n) is 2.80. The van der Waals surface area contributed by atoms with Gasteiger partial charge in [0.05, 0.1) is 17.7 Å². The highest BCUT2D eigenvalue weighted by Crippen LogP contribution is 2.34. The lowest BCUT2D eigenvalue weighted by Crippen LogP contribution is -2.28. The van der Waals surface area contributed by atoms with E-state index in [9.17, 15) is 4.79 Å². The fraction of sp³-hybridized carbons (Fsp3) is 0.235. The Bertz CT molecular complexity index is 970. The molecule has 138 valence electrons. The number of benzene rings is 1. The van der Waals surface area contributed by atoms with E-state index in [4.69, 9.17) is 16.0 Å².